The van der Waals surface area contributed by atoms with Gasteiger partial charge in [-0.05, 0) is 76.6 Å². The highest BCUT2D eigenvalue weighted by atomic mass is 32.1. The molecule has 4 rings (SSSR count). The molecule has 1 aromatic carbocycles. The van der Waals surface area contributed by atoms with Crippen LogP contribution in [0, 0.1) is 11.7 Å². The Morgan fingerprint density at radius 1 is 1.08 bits per heavy atom. The Bertz CT molecular complexity index is 1110. The van der Waals surface area contributed by atoms with Crippen LogP contribution in [-0.2, 0) is 9.53 Å². The smallest absolute Gasteiger partial charge is 0.410 e. The number of nitrogens with two attached hydrogens (primary N) is 1. The lowest BCUT2D eigenvalue weighted by Crippen LogP contribution is -2.51. The summed E-state index contributed by atoms with van der Waals surface area (Å²) in [7, 11) is 0. The molecule has 0 aliphatic carbocycles. The van der Waals surface area contributed by atoms with Gasteiger partial charge in [-0.25, -0.2) is 14.2 Å². The Hall–Kier alpha value is -2.15. The van der Waals surface area contributed by atoms with E-state index in [2.05, 4.69) is 4.98 Å². The minimum absolute atomic E-state index is 0. The molecule has 0 spiro atoms. The molecule has 2 aliphatic heterocycles. The van der Waals surface area contributed by atoms with E-state index in [1.54, 1.807) is 15.2 Å². The number of thiazole rings is 1. The number of likely N-dealkylation sites (tertiary alicyclic amines) is 2. The first-order valence-corrected chi connectivity index (χ1v) is 13.2. The van der Waals surface area contributed by atoms with E-state index in [1.807, 2.05) is 20.8 Å². The standard InChI is InChI=1S/C26H33FN4O4S.2H2S/c1-26(2,3)35-25(34)30-13-10-16(11-14-30)21(28)24(33)31-12-4-5-20(31)23-29-19(15-36-23)22(32)17-6-8-18(27)9-7-17;;/h6-9,15-16,20-21H,4-5,10-14,28H2,1-3H3;2*1H2/t20-,21-;;/m0../s1. The van der Waals surface area contributed by atoms with Crippen LogP contribution in [0.15, 0.2) is 29.6 Å². The zero-order valence-corrected chi connectivity index (χ0v) is 24.7. The molecule has 2 amide bonds. The van der Waals surface area contributed by atoms with E-state index in [1.165, 1.54) is 35.6 Å². The topological polar surface area (TPSA) is 106 Å². The van der Waals surface area contributed by atoms with Crippen LogP contribution >= 0.6 is 38.3 Å². The van der Waals surface area contributed by atoms with Crippen molar-refractivity contribution >= 4 is 56.1 Å². The van der Waals surface area contributed by atoms with E-state index in [9.17, 15) is 18.8 Å². The van der Waals surface area contributed by atoms with Crippen molar-refractivity contribution in [1.29, 1.82) is 0 Å². The molecule has 210 valence electrons. The third-order valence-electron chi connectivity index (χ3n) is 6.67. The van der Waals surface area contributed by atoms with Gasteiger partial charge < -0.3 is 20.3 Å². The first-order valence-electron chi connectivity index (χ1n) is 12.3. The fourth-order valence-corrected chi connectivity index (χ4v) is 5.69. The Balaban J connectivity index is 0.00000253. The number of halogens is 1. The van der Waals surface area contributed by atoms with Crippen molar-refractivity contribution in [3.05, 3.63) is 51.7 Å². The number of hydrogen-bond donors (Lipinski definition) is 1. The van der Waals surface area contributed by atoms with Gasteiger partial charge in [-0.15, -0.1) is 11.3 Å². The quantitative estimate of drug-likeness (QED) is 0.523. The number of piperidine rings is 1. The number of carbonyl (C=O) groups excluding carboxylic acids is 3. The monoisotopic (exact) mass is 584 g/mol. The zero-order valence-electron chi connectivity index (χ0n) is 21.9. The summed E-state index contributed by atoms with van der Waals surface area (Å²) in [6.07, 6.45) is 2.53. The molecule has 3 heterocycles. The number of hydrogen-bond acceptors (Lipinski definition) is 7. The van der Waals surface area contributed by atoms with Gasteiger partial charge in [0, 0.05) is 30.6 Å². The summed E-state index contributed by atoms with van der Waals surface area (Å²) >= 11 is 1.35. The number of benzene rings is 1. The SMILES string of the molecule is CC(C)(C)OC(=O)N1CCC([C@H](N)C(=O)N2CCC[C@H]2c2nc(C(=O)c3ccc(F)cc3)cs2)CC1.S.S. The molecule has 2 aliphatic rings. The highest BCUT2D eigenvalue weighted by Gasteiger charge is 2.39. The summed E-state index contributed by atoms with van der Waals surface area (Å²) in [6, 6.07) is 4.50. The van der Waals surface area contributed by atoms with Crippen molar-refractivity contribution in [2.24, 2.45) is 11.7 Å². The molecule has 2 aromatic rings. The third-order valence-corrected chi connectivity index (χ3v) is 7.61. The maximum atomic E-state index is 13.4. The number of ether oxygens (including phenoxy) is 1. The van der Waals surface area contributed by atoms with Gasteiger partial charge in [-0.3, -0.25) is 9.59 Å². The van der Waals surface area contributed by atoms with Crippen LogP contribution in [-0.4, -0.2) is 63.8 Å². The van der Waals surface area contributed by atoms with Gasteiger partial charge in [0.25, 0.3) is 0 Å². The van der Waals surface area contributed by atoms with Gasteiger partial charge in [0.05, 0.1) is 12.1 Å². The van der Waals surface area contributed by atoms with Crippen LogP contribution in [0.4, 0.5) is 9.18 Å². The van der Waals surface area contributed by atoms with Crippen molar-refractivity contribution < 1.29 is 23.5 Å². The highest BCUT2D eigenvalue weighted by Crippen LogP contribution is 2.35. The van der Waals surface area contributed by atoms with E-state index in [4.69, 9.17) is 10.5 Å². The molecule has 2 fully saturated rings. The second-order valence-electron chi connectivity index (χ2n) is 10.4. The maximum Gasteiger partial charge on any atom is 0.410 e. The molecule has 2 saturated heterocycles. The minimum atomic E-state index is -0.660. The molecule has 0 saturated carbocycles. The summed E-state index contributed by atoms with van der Waals surface area (Å²) in [5, 5.41) is 2.40. The third kappa shape index (κ3) is 7.49. The summed E-state index contributed by atoms with van der Waals surface area (Å²) in [5.41, 5.74) is 6.56. The lowest BCUT2D eigenvalue weighted by atomic mass is 9.89. The normalized spacial score (nSPS) is 18.8. The number of nitrogens with zero attached hydrogens (tertiary/aromatic N) is 3. The molecular weight excluding hydrogens is 548 g/mol. The largest absolute Gasteiger partial charge is 0.444 e. The summed E-state index contributed by atoms with van der Waals surface area (Å²) in [6.45, 7) is 7.11. The lowest BCUT2D eigenvalue weighted by molar-refractivity contribution is -0.135. The van der Waals surface area contributed by atoms with Crippen LogP contribution in [0.1, 0.15) is 73.6 Å². The van der Waals surface area contributed by atoms with Crippen LogP contribution < -0.4 is 5.73 Å². The molecule has 0 radical (unpaired) electrons. The molecule has 0 bridgehead atoms. The van der Waals surface area contributed by atoms with E-state index < -0.39 is 17.5 Å². The van der Waals surface area contributed by atoms with Gasteiger partial charge in [-0.2, -0.15) is 27.0 Å². The minimum Gasteiger partial charge on any atom is -0.444 e. The first kappa shape index (κ1) is 32.1. The second-order valence-corrected chi connectivity index (χ2v) is 11.3. The first-order chi connectivity index (χ1) is 17.0. The van der Waals surface area contributed by atoms with E-state index in [0.29, 0.717) is 48.7 Å². The van der Waals surface area contributed by atoms with Gasteiger partial charge in [0.1, 0.15) is 22.1 Å². The Kier molecular flexibility index (Phi) is 11.2. The molecule has 8 nitrogen and oxygen atoms in total. The number of amides is 2. The molecule has 2 N–H and O–H groups in total. The Labute approximate surface area is 241 Å². The molecule has 2 atom stereocenters. The highest BCUT2D eigenvalue weighted by molar-refractivity contribution is 7.59. The van der Waals surface area contributed by atoms with Crippen molar-refractivity contribution in [3.8, 4) is 0 Å². The van der Waals surface area contributed by atoms with Crippen molar-refractivity contribution in [3.63, 3.8) is 0 Å². The lowest BCUT2D eigenvalue weighted by Gasteiger charge is -2.36. The average molecular weight is 585 g/mol. The fourth-order valence-electron chi connectivity index (χ4n) is 4.74. The second kappa shape index (κ2) is 13.3. The molecule has 12 heteroatoms. The van der Waals surface area contributed by atoms with Crippen LogP contribution in [0.3, 0.4) is 0 Å². The van der Waals surface area contributed by atoms with Gasteiger partial charge in [-0.1, -0.05) is 0 Å². The molecule has 38 heavy (non-hydrogen) atoms. The van der Waals surface area contributed by atoms with Gasteiger partial charge in [0.15, 0.2) is 0 Å². The summed E-state index contributed by atoms with van der Waals surface area (Å²) < 4.78 is 18.6. The summed E-state index contributed by atoms with van der Waals surface area (Å²) in [4.78, 5) is 46.5. The van der Waals surface area contributed by atoms with Crippen LogP contribution in [0.25, 0.3) is 0 Å². The van der Waals surface area contributed by atoms with Crippen molar-refractivity contribution in [1.82, 2.24) is 14.8 Å². The van der Waals surface area contributed by atoms with E-state index >= 15 is 0 Å². The van der Waals surface area contributed by atoms with Gasteiger partial charge in [0.2, 0.25) is 11.7 Å². The van der Waals surface area contributed by atoms with Crippen molar-refractivity contribution in [2.75, 3.05) is 19.6 Å². The Morgan fingerprint density at radius 3 is 2.32 bits per heavy atom. The number of ketones is 1. The van der Waals surface area contributed by atoms with Crippen molar-refractivity contribution in [2.45, 2.75) is 64.1 Å². The predicted octanol–water partition coefficient (Wildman–Crippen LogP) is 4.38. The van der Waals surface area contributed by atoms with E-state index in [-0.39, 0.29) is 56.7 Å². The van der Waals surface area contributed by atoms with Gasteiger partial charge >= 0.3 is 6.09 Å². The number of aromatic nitrogens is 1. The number of carbonyl (C=O) groups is 3. The number of rotatable bonds is 5. The van der Waals surface area contributed by atoms with Crippen LogP contribution in [0.2, 0.25) is 0 Å². The van der Waals surface area contributed by atoms with E-state index in [0.717, 1.165) is 12.8 Å². The zero-order chi connectivity index (χ0) is 26.0. The molecule has 1 aromatic heterocycles. The predicted molar refractivity (Wildman–Crippen MR) is 155 cm³/mol. The molecular formula is C26H37FN4O4S3. The molecule has 0 unspecified atom stereocenters. The summed E-state index contributed by atoms with van der Waals surface area (Å²) in [5.74, 6) is -0.821. The Morgan fingerprint density at radius 2 is 1.71 bits per heavy atom. The average Bonchev–Trinajstić information content (AvgIpc) is 3.52. The van der Waals surface area contributed by atoms with Crippen LogP contribution in [0.5, 0.6) is 0 Å². The maximum absolute atomic E-state index is 13.4. The fraction of sp³-hybridized carbons (Fsp3) is 0.538.